The molecule has 0 fully saturated rings. The van der Waals surface area contributed by atoms with Crippen LogP contribution < -0.4 is 5.32 Å². The van der Waals surface area contributed by atoms with Gasteiger partial charge in [-0.15, -0.1) is 0 Å². The third-order valence-electron chi connectivity index (χ3n) is 3.92. The monoisotopic (exact) mass is 350 g/mol. The zero-order chi connectivity index (χ0) is 18.2. The van der Waals surface area contributed by atoms with Gasteiger partial charge in [0.1, 0.15) is 5.82 Å². The minimum absolute atomic E-state index is 0.0711. The van der Waals surface area contributed by atoms with Gasteiger partial charge in [-0.2, -0.15) is 4.98 Å². The molecule has 1 N–H and O–H groups in total. The fourth-order valence-corrected chi connectivity index (χ4v) is 2.59. The highest BCUT2D eigenvalue weighted by Crippen LogP contribution is 2.19. The first-order chi connectivity index (χ1) is 12.7. The Balaban J connectivity index is 1.45. The molecule has 0 aliphatic carbocycles. The minimum atomic E-state index is -0.0711. The van der Waals surface area contributed by atoms with Gasteiger partial charge in [0.25, 0.3) is 0 Å². The van der Waals surface area contributed by atoms with Crippen molar-refractivity contribution < 1.29 is 9.32 Å². The average Bonchev–Trinajstić information content (AvgIpc) is 3.11. The smallest absolute Gasteiger partial charge is 0.226 e. The molecule has 134 valence electrons. The van der Waals surface area contributed by atoms with Crippen molar-refractivity contribution in [2.45, 2.75) is 39.0 Å². The number of nitrogens with one attached hydrogen (secondary N) is 1. The van der Waals surface area contributed by atoms with Gasteiger partial charge < -0.3 is 9.84 Å². The van der Waals surface area contributed by atoms with Crippen molar-refractivity contribution in [3.63, 3.8) is 0 Å². The molecule has 6 heteroatoms. The molecule has 2 heterocycles. The number of aromatic nitrogens is 3. The quantitative estimate of drug-likeness (QED) is 0.663. The molecule has 0 unspecified atom stereocenters. The average molecular weight is 350 g/mol. The van der Waals surface area contributed by atoms with Crippen LogP contribution in [0.25, 0.3) is 11.1 Å². The van der Waals surface area contributed by atoms with E-state index in [4.69, 9.17) is 4.52 Å². The number of benzene rings is 1. The molecule has 0 atom stereocenters. The number of anilines is 1. The number of hydrogen-bond donors (Lipinski definition) is 1. The highest BCUT2D eigenvalue weighted by molar-refractivity contribution is 5.89. The second kappa shape index (κ2) is 8.89. The Kier molecular flexibility index (Phi) is 6.09. The Bertz CT molecular complexity index is 829. The fraction of sp³-hybridized carbons (Fsp3) is 0.300. The van der Waals surface area contributed by atoms with Crippen molar-refractivity contribution in [3.05, 3.63) is 60.4 Å². The van der Waals surface area contributed by atoms with E-state index in [0.717, 1.165) is 29.8 Å². The maximum Gasteiger partial charge on any atom is 0.226 e. The van der Waals surface area contributed by atoms with E-state index in [1.165, 1.54) is 0 Å². The SMILES string of the molecule is CCCc1noc(CCCC(=O)Nc2ccc(-c3ccccc3)cn2)n1. The third-order valence-corrected chi connectivity index (χ3v) is 3.92. The molecule has 26 heavy (non-hydrogen) atoms. The van der Waals surface area contributed by atoms with Crippen LogP contribution >= 0.6 is 0 Å². The molecule has 0 radical (unpaired) electrons. The number of carbonyl (C=O) groups is 1. The predicted molar refractivity (Wildman–Crippen MR) is 99.5 cm³/mol. The van der Waals surface area contributed by atoms with Gasteiger partial charge in [0.15, 0.2) is 5.82 Å². The van der Waals surface area contributed by atoms with Crippen LogP contribution in [0.2, 0.25) is 0 Å². The largest absolute Gasteiger partial charge is 0.339 e. The maximum absolute atomic E-state index is 12.0. The van der Waals surface area contributed by atoms with Crippen LogP contribution in [0.5, 0.6) is 0 Å². The first-order valence-corrected chi connectivity index (χ1v) is 8.87. The van der Waals surface area contributed by atoms with E-state index < -0.39 is 0 Å². The number of carbonyl (C=O) groups excluding carboxylic acids is 1. The van der Waals surface area contributed by atoms with Gasteiger partial charge in [0.05, 0.1) is 0 Å². The van der Waals surface area contributed by atoms with Crippen LogP contribution in [0.15, 0.2) is 53.2 Å². The van der Waals surface area contributed by atoms with Gasteiger partial charge in [0, 0.05) is 31.0 Å². The lowest BCUT2D eigenvalue weighted by Gasteiger charge is -2.05. The number of pyridine rings is 1. The second-order valence-corrected chi connectivity index (χ2v) is 6.05. The number of amides is 1. The molecule has 3 rings (SSSR count). The molecule has 0 aliphatic rings. The summed E-state index contributed by atoms with van der Waals surface area (Å²) < 4.78 is 5.17. The second-order valence-electron chi connectivity index (χ2n) is 6.05. The minimum Gasteiger partial charge on any atom is -0.339 e. The summed E-state index contributed by atoms with van der Waals surface area (Å²) in [4.78, 5) is 20.7. The van der Waals surface area contributed by atoms with Gasteiger partial charge in [-0.3, -0.25) is 4.79 Å². The lowest BCUT2D eigenvalue weighted by Crippen LogP contribution is -2.12. The normalized spacial score (nSPS) is 10.7. The Labute approximate surface area is 152 Å². The zero-order valence-electron chi connectivity index (χ0n) is 14.8. The van der Waals surface area contributed by atoms with E-state index in [0.29, 0.717) is 31.0 Å². The zero-order valence-corrected chi connectivity index (χ0v) is 14.8. The predicted octanol–water partition coefficient (Wildman–Crippen LogP) is 4.05. The Hall–Kier alpha value is -3.02. The summed E-state index contributed by atoms with van der Waals surface area (Å²) in [5, 5.41) is 6.72. The summed E-state index contributed by atoms with van der Waals surface area (Å²) in [6.45, 7) is 2.07. The lowest BCUT2D eigenvalue weighted by molar-refractivity contribution is -0.116. The van der Waals surface area contributed by atoms with Gasteiger partial charge in [-0.1, -0.05) is 42.4 Å². The first kappa shape index (κ1) is 17.8. The van der Waals surface area contributed by atoms with E-state index >= 15 is 0 Å². The van der Waals surface area contributed by atoms with Crippen molar-refractivity contribution in [2.75, 3.05) is 5.32 Å². The van der Waals surface area contributed by atoms with Gasteiger partial charge in [-0.05, 0) is 30.5 Å². The molecule has 0 saturated heterocycles. The van der Waals surface area contributed by atoms with Crippen molar-refractivity contribution in [1.29, 1.82) is 0 Å². The molecular formula is C20H22N4O2. The van der Waals surface area contributed by atoms with Crippen LogP contribution in [0, 0.1) is 0 Å². The van der Waals surface area contributed by atoms with Crippen LogP contribution in [0.3, 0.4) is 0 Å². The van der Waals surface area contributed by atoms with Crippen molar-refractivity contribution >= 4 is 11.7 Å². The molecule has 0 bridgehead atoms. The van der Waals surface area contributed by atoms with Gasteiger partial charge in [-0.25, -0.2) is 4.98 Å². The highest BCUT2D eigenvalue weighted by Gasteiger charge is 2.08. The number of hydrogen-bond acceptors (Lipinski definition) is 5. The van der Waals surface area contributed by atoms with Gasteiger partial charge >= 0.3 is 0 Å². The van der Waals surface area contributed by atoms with Gasteiger partial charge in [0.2, 0.25) is 11.8 Å². The summed E-state index contributed by atoms with van der Waals surface area (Å²) in [5.74, 6) is 1.80. The summed E-state index contributed by atoms with van der Waals surface area (Å²) in [6, 6.07) is 13.8. The third kappa shape index (κ3) is 4.99. The molecule has 1 amide bonds. The van der Waals surface area contributed by atoms with E-state index in [2.05, 4.69) is 27.4 Å². The number of nitrogens with zero attached hydrogens (tertiary/aromatic N) is 3. The van der Waals surface area contributed by atoms with Crippen molar-refractivity contribution in [3.8, 4) is 11.1 Å². The van der Waals surface area contributed by atoms with Crippen LogP contribution in [-0.4, -0.2) is 21.0 Å². The standard InChI is InChI=1S/C20H22N4O2/c1-2-7-18-23-20(26-24-18)11-6-10-19(25)22-17-13-12-16(14-21-17)15-8-4-3-5-9-15/h3-5,8-9,12-14H,2,6-7,10-11H2,1H3,(H,21,22,25). The molecule has 0 saturated carbocycles. The van der Waals surface area contributed by atoms with E-state index in [1.807, 2.05) is 42.5 Å². The van der Waals surface area contributed by atoms with Crippen molar-refractivity contribution in [2.24, 2.45) is 0 Å². The van der Waals surface area contributed by atoms with Crippen molar-refractivity contribution in [1.82, 2.24) is 15.1 Å². The Morgan fingerprint density at radius 1 is 1.08 bits per heavy atom. The van der Waals surface area contributed by atoms with Crippen LogP contribution in [0.1, 0.15) is 37.9 Å². The molecule has 6 nitrogen and oxygen atoms in total. The first-order valence-electron chi connectivity index (χ1n) is 8.87. The highest BCUT2D eigenvalue weighted by atomic mass is 16.5. The van der Waals surface area contributed by atoms with E-state index in [9.17, 15) is 4.79 Å². The molecule has 1 aromatic carbocycles. The molecular weight excluding hydrogens is 328 g/mol. The summed E-state index contributed by atoms with van der Waals surface area (Å²) in [6.07, 6.45) is 5.20. The Morgan fingerprint density at radius 3 is 2.65 bits per heavy atom. The van der Waals surface area contributed by atoms with E-state index in [-0.39, 0.29) is 5.91 Å². The molecule has 0 aliphatic heterocycles. The fourth-order valence-electron chi connectivity index (χ4n) is 2.59. The summed E-state index contributed by atoms with van der Waals surface area (Å²) in [5.41, 5.74) is 2.11. The maximum atomic E-state index is 12.0. The van der Waals surface area contributed by atoms with Crippen LogP contribution in [-0.2, 0) is 17.6 Å². The summed E-state index contributed by atoms with van der Waals surface area (Å²) >= 11 is 0. The molecule has 0 spiro atoms. The Morgan fingerprint density at radius 2 is 1.92 bits per heavy atom. The van der Waals surface area contributed by atoms with E-state index in [1.54, 1.807) is 6.20 Å². The number of aryl methyl sites for hydroxylation is 2. The summed E-state index contributed by atoms with van der Waals surface area (Å²) in [7, 11) is 0. The lowest BCUT2D eigenvalue weighted by atomic mass is 10.1. The topological polar surface area (TPSA) is 80.9 Å². The number of rotatable bonds is 8. The molecule has 2 aromatic heterocycles. The molecule has 3 aromatic rings. The van der Waals surface area contributed by atoms with Crippen LogP contribution in [0.4, 0.5) is 5.82 Å².